The van der Waals surface area contributed by atoms with E-state index in [1.165, 1.54) is 54.7 Å². The fourth-order valence-corrected chi connectivity index (χ4v) is 25.9. The molecule has 0 N–H and O–H groups in total. The fraction of sp³-hybridized carbons (Fsp3) is 0.636. The normalized spacial score (nSPS) is 15.2. The van der Waals surface area contributed by atoms with Gasteiger partial charge >= 0.3 is 176 Å². The number of aryl methyl sites for hydroxylation is 1. The molecule has 0 spiro atoms. The van der Waals surface area contributed by atoms with Gasteiger partial charge in [0, 0.05) is 0 Å². The molecule has 1 aliphatic carbocycles. The van der Waals surface area contributed by atoms with Crippen LogP contribution in [0.1, 0.15) is 75.3 Å². The number of thiophene rings is 2. The summed E-state index contributed by atoms with van der Waals surface area (Å²) in [6, 6.07) is 3.69. The number of alkyl halides is 2. The van der Waals surface area contributed by atoms with E-state index in [-0.39, 0.29) is 5.56 Å². The van der Waals surface area contributed by atoms with E-state index >= 15 is 8.78 Å². The van der Waals surface area contributed by atoms with Gasteiger partial charge in [-0.3, -0.25) is 0 Å². The molecule has 0 radical (unpaired) electrons. The molecule has 0 saturated heterocycles. The Bertz CT molecular complexity index is 754. The van der Waals surface area contributed by atoms with Crippen LogP contribution in [0.25, 0.3) is 9.75 Å². The van der Waals surface area contributed by atoms with Gasteiger partial charge in [-0.1, -0.05) is 0 Å². The van der Waals surface area contributed by atoms with Gasteiger partial charge in [0.05, 0.1) is 0 Å². The Balaban J connectivity index is 2.06. The average molecular weight is 517 g/mol. The third-order valence-corrected chi connectivity index (χ3v) is 26.6. The number of rotatable bonds is 10. The summed E-state index contributed by atoms with van der Waals surface area (Å²) in [5.74, 6) is -2.79. The molecule has 0 amide bonds. The first-order valence-corrected chi connectivity index (χ1v) is 19.6. The van der Waals surface area contributed by atoms with Gasteiger partial charge in [0.25, 0.3) is 0 Å². The fourth-order valence-electron chi connectivity index (χ4n) is 4.41. The number of unbranched alkanes of at least 4 members (excludes halogenated alkanes) is 3. The molecular weight excluding hydrogens is 485 g/mol. The van der Waals surface area contributed by atoms with Crippen LogP contribution in [0.5, 0.6) is 0 Å². The molecule has 0 atom stereocenters. The van der Waals surface area contributed by atoms with Crippen LogP contribution in [0.2, 0.25) is 13.3 Å². The summed E-state index contributed by atoms with van der Waals surface area (Å²) in [5, 5.41) is 0. The van der Waals surface area contributed by atoms with Crippen LogP contribution in [-0.2, 0) is 5.92 Å². The van der Waals surface area contributed by atoms with Crippen molar-refractivity contribution in [2.75, 3.05) is 0 Å². The van der Waals surface area contributed by atoms with Crippen LogP contribution in [0.3, 0.4) is 0 Å². The molecule has 0 unspecified atom stereocenters. The van der Waals surface area contributed by atoms with E-state index in [4.69, 9.17) is 0 Å². The second-order valence-electron chi connectivity index (χ2n) is 8.12. The molecule has 2 aromatic heterocycles. The van der Waals surface area contributed by atoms with Gasteiger partial charge < -0.3 is 0 Å². The van der Waals surface area contributed by atoms with Crippen LogP contribution < -0.4 is 2.89 Å². The third kappa shape index (κ3) is 4.05. The molecule has 1 aliphatic rings. The summed E-state index contributed by atoms with van der Waals surface area (Å²) in [4.78, 5) is 2.75. The summed E-state index contributed by atoms with van der Waals surface area (Å²) in [6.45, 7) is 8.74. The minimum absolute atomic E-state index is 0.259. The standard InChI is InChI=1S/C10H5F2S2.3C4H9.Sn/c1-5-4-7-9(14-5)8-6(2-3-13-8)10(7,11)12;3*1-3-4-2;/h2,4H,1H3;3*1,3-4H2,2H3;. The second-order valence-corrected chi connectivity index (χ2v) is 24.6. The minimum atomic E-state index is -2.79. The molecule has 150 valence electrons. The summed E-state index contributed by atoms with van der Waals surface area (Å²) >= 11 is 0.680. The van der Waals surface area contributed by atoms with Gasteiger partial charge in [0.1, 0.15) is 0 Å². The molecule has 0 bridgehead atoms. The van der Waals surface area contributed by atoms with E-state index in [2.05, 4.69) is 20.8 Å². The van der Waals surface area contributed by atoms with Crippen molar-refractivity contribution in [1.82, 2.24) is 0 Å². The van der Waals surface area contributed by atoms with Crippen LogP contribution in [-0.4, -0.2) is 18.4 Å². The molecule has 0 saturated carbocycles. The average Bonchev–Trinajstić information content (AvgIpc) is 3.29. The molecule has 5 heteroatoms. The second kappa shape index (κ2) is 8.83. The van der Waals surface area contributed by atoms with Crippen molar-refractivity contribution in [2.45, 2.75) is 85.5 Å². The molecule has 0 fully saturated rings. The van der Waals surface area contributed by atoms with Gasteiger partial charge in [-0.2, -0.15) is 0 Å². The van der Waals surface area contributed by atoms with E-state index in [0.29, 0.717) is 5.56 Å². The van der Waals surface area contributed by atoms with Crippen molar-refractivity contribution in [1.29, 1.82) is 0 Å². The monoisotopic (exact) mass is 518 g/mol. The molecule has 0 aromatic carbocycles. The SMILES string of the molecule is CCC[CH2][Sn]([CH2]CCC)([CH2]CCC)[c]1cc2c(s1)-c1sc(C)cc1C2(F)F. The van der Waals surface area contributed by atoms with Gasteiger partial charge in [-0.25, -0.2) is 0 Å². The van der Waals surface area contributed by atoms with Crippen molar-refractivity contribution in [3.05, 3.63) is 28.1 Å². The maximum atomic E-state index is 15.1. The first-order valence-electron chi connectivity index (χ1n) is 10.5. The maximum absolute atomic E-state index is 15.1. The van der Waals surface area contributed by atoms with E-state index < -0.39 is 24.3 Å². The van der Waals surface area contributed by atoms with Crippen LogP contribution in [0.4, 0.5) is 8.78 Å². The van der Waals surface area contributed by atoms with Crippen LogP contribution in [0, 0.1) is 6.92 Å². The predicted molar refractivity (Wildman–Crippen MR) is 120 cm³/mol. The first-order chi connectivity index (χ1) is 12.9. The van der Waals surface area contributed by atoms with Crippen molar-refractivity contribution in [3.8, 4) is 9.75 Å². The summed E-state index contributed by atoms with van der Waals surface area (Å²) < 4.78 is 35.7. The van der Waals surface area contributed by atoms with Crippen LogP contribution in [0.15, 0.2) is 12.1 Å². The van der Waals surface area contributed by atoms with Gasteiger partial charge in [0.15, 0.2) is 0 Å². The topological polar surface area (TPSA) is 0 Å². The zero-order valence-electron chi connectivity index (χ0n) is 17.1. The molecule has 2 heterocycles. The Morgan fingerprint density at radius 1 is 0.815 bits per heavy atom. The van der Waals surface area contributed by atoms with Gasteiger partial charge in [-0.15, -0.1) is 0 Å². The Morgan fingerprint density at radius 3 is 1.81 bits per heavy atom. The van der Waals surface area contributed by atoms with Crippen molar-refractivity contribution in [3.63, 3.8) is 0 Å². The van der Waals surface area contributed by atoms with Crippen LogP contribution >= 0.6 is 22.7 Å². The summed E-state index contributed by atoms with van der Waals surface area (Å²) in [6.07, 6.45) is 7.45. The molecular formula is C22H32F2S2Sn. The first kappa shape index (κ1) is 21.8. The van der Waals surface area contributed by atoms with Crippen molar-refractivity contribution < 1.29 is 8.78 Å². The Morgan fingerprint density at radius 2 is 1.30 bits per heavy atom. The third-order valence-electron chi connectivity index (χ3n) is 6.02. The Kier molecular flexibility index (Phi) is 7.11. The predicted octanol–water partition coefficient (Wildman–Crippen LogP) is 8.29. The van der Waals surface area contributed by atoms with E-state index in [1.807, 2.05) is 13.0 Å². The number of halogens is 2. The van der Waals surface area contributed by atoms with Crippen molar-refractivity contribution >= 4 is 43.9 Å². The molecule has 2 aromatic rings. The van der Waals surface area contributed by atoms with E-state index in [0.717, 1.165) is 14.6 Å². The quantitative estimate of drug-likeness (QED) is 0.278. The Labute approximate surface area is 175 Å². The molecule has 0 nitrogen and oxygen atoms in total. The molecule has 3 rings (SSSR count). The molecule has 0 aliphatic heterocycles. The Hall–Kier alpha value is 0.0587. The number of hydrogen-bond donors (Lipinski definition) is 0. The zero-order valence-corrected chi connectivity index (χ0v) is 21.6. The van der Waals surface area contributed by atoms with Gasteiger partial charge in [-0.05, 0) is 0 Å². The van der Waals surface area contributed by atoms with Gasteiger partial charge in [0.2, 0.25) is 0 Å². The zero-order chi connectivity index (χ0) is 19.7. The number of hydrogen-bond acceptors (Lipinski definition) is 2. The summed E-state index contributed by atoms with van der Waals surface area (Å²) in [7, 11) is 0. The molecule has 27 heavy (non-hydrogen) atoms. The van der Waals surface area contributed by atoms with E-state index in [1.54, 1.807) is 28.7 Å². The van der Waals surface area contributed by atoms with Crippen molar-refractivity contribution in [2.24, 2.45) is 0 Å². The van der Waals surface area contributed by atoms with E-state index in [9.17, 15) is 0 Å². The number of fused-ring (bicyclic) bond motifs is 3. The summed E-state index contributed by atoms with van der Waals surface area (Å²) in [5.41, 5.74) is 0.587.